The smallest absolute Gasteiger partial charge is 0.296 e. The number of nitro groups is 1. The van der Waals surface area contributed by atoms with Gasteiger partial charge in [0.2, 0.25) is 0 Å². The molecule has 2 N–H and O–H groups in total. The summed E-state index contributed by atoms with van der Waals surface area (Å²) in [6, 6.07) is 3.00. The van der Waals surface area contributed by atoms with Crippen LogP contribution in [0.25, 0.3) is 0 Å². The van der Waals surface area contributed by atoms with Crippen molar-refractivity contribution >= 4 is 11.4 Å². The molecule has 0 saturated carbocycles. The van der Waals surface area contributed by atoms with E-state index in [0.717, 1.165) is 0 Å². The molecule has 8 nitrogen and oxygen atoms in total. The van der Waals surface area contributed by atoms with E-state index in [9.17, 15) is 10.1 Å². The quantitative estimate of drug-likeness (QED) is 0.625. The van der Waals surface area contributed by atoms with Crippen molar-refractivity contribution in [2.24, 2.45) is 0 Å². The van der Waals surface area contributed by atoms with E-state index in [4.69, 9.17) is 14.2 Å². The highest BCUT2D eigenvalue weighted by molar-refractivity contribution is 5.69. The number of benzene rings is 1. The lowest BCUT2D eigenvalue weighted by molar-refractivity contribution is -0.384. The number of nitrogens with one attached hydrogen (secondary N) is 2. The van der Waals surface area contributed by atoms with E-state index in [-0.39, 0.29) is 17.8 Å². The fourth-order valence-corrected chi connectivity index (χ4v) is 2.59. The minimum Gasteiger partial charge on any atom is -0.486 e. The van der Waals surface area contributed by atoms with Crippen molar-refractivity contribution in [2.45, 2.75) is 12.1 Å². The van der Waals surface area contributed by atoms with Gasteiger partial charge >= 0.3 is 0 Å². The molecule has 21 heavy (non-hydrogen) atoms. The molecule has 2 aliphatic rings. The summed E-state index contributed by atoms with van der Waals surface area (Å²) in [6.45, 7) is 2.24. The Bertz CT molecular complexity index is 551. The van der Waals surface area contributed by atoms with Gasteiger partial charge in [-0.3, -0.25) is 10.1 Å². The van der Waals surface area contributed by atoms with Crippen LogP contribution in [0, 0.1) is 10.1 Å². The molecular weight excluding hydrogens is 278 g/mol. The number of nitrogens with zero attached hydrogens (tertiary/aromatic N) is 1. The number of hydrogen-bond donors (Lipinski definition) is 2. The maximum atomic E-state index is 11.3. The first-order valence-corrected chi connectivity index (χ1v) is 6.77. The molecule has 3 rings (SSSR count). The summed E-state index contributed by atoms with van der Waals surface area (Å²) in [5.41, 5.74) is 0.390. The van der Waals surface area contributed by atoms with Crippen LogP contribution < -0.4 is 20.1 Å². The Morgan fingerprint density at radius 3 is 2.71 bits per heavy atom. The normalized spacial score (nSPS) is 23.9. The van der Waals surface area contributed by atoms with Crippen LogP contribution in [-0.4, -0.2) is 50.5 Å². The summed E-state index contributed by atoms with van der Waals surface area (Å²) in [5.74, 6) is 0.931. The van der Waals surface area contributed by atoms with Gasteiger partial charge in [-0.05, 0) is 0 Å². The van der Waals surface area contributed by atoms with Crippen molar-refractivity contribution in [3.63, 3.8) is 0 Å². The second-order valence-electron chi connectivity index (χ2n) is 4.95. The molecule has 0 aliphatic carbocycles. The van der Waals surface area contributed by atoms with Crippen LogP contribution in [-0.2, 0) is 4.74 Å². The van der Waals surface area contributed by atoms with Gasteiger partial charge in [-0.1, -0.05) is 0 Å². The lowest BCUT2D eigenvalue weighted by Crippen LogP contribution is -2.33. The van der Waals surface area contributed by atoms with Gasteiger partial charge in [0, 0.05) is 26.3 Å². The number of anilines is 1. The van der Waals surface area contributed by atoms with Gasteiger partial charge in [-0.15, -0.1) is 0 Å². The van der Waals surface area contributed by atoms with Crippen molar-refractivity contribution < 1.29 is 19.1 Å². The largest absolute Gasteiger partial charge is 0.486 e. The van der Waals surface area contributed by atoms with E-state index in [1.165, 1.54) is 6.07 Å². The molecule has 2 atom stereocenters. The van der Waals surface area contributed by atoms with Crippen molar-refractivity contribution in [2.75, 3.05) is 38.7 Å². The third-order valence-electron chi connectivity index (χ3n) is 3.66. The van der Waals surface area contributed by atoms with E-state index in [2.05, 4.69) is 10.6 Å². The first kappa shape index (κ1) is 13.9. The SMILES string of the molecule is CO[C@H]1CNCC1Nc1cc2c(cc1[N+](=O)[O-])OCCO2. The fraction of sp³-hybridized carbons (Fsp3) is 0.538. The highest BCUT2D eigenvalue weighted by Crippen LogP contribution is 2.39. The Hall–Kier alpha value is -2.06. The first-order chi connectivity index (χ1) is 10.2. The van der Waals surface area contributed by atoms with Crippen molar-refractivity contribution in [1.82, 2.24) is 5.32 Å². The molecule has 1 saturated heterocycles. The summed E-state index contributed by atoms with van der Waals surface area (Å²) >= 11 is 0. The minimum atomic E-state index is -0.426. The van der Waals surface area contributed by atoms with E-state index in [1.807, 2.05) is 0 Å². The van der Waals surface area contributed by atoms with Crippen LogP contribution in [0.3, 0.4) is 0 Å². The summed E-state index contributed by atoms with van der Waals surface area (Å²) in [6.07, 6.45) is -0.0298. The van der Waals surface area contributed by atoms with E-state index < -0.39 is 4.92 Å². The molecule has 0 spiro atoms. The van der Waals surface area contributed by atoms with E-state index >= 15 is 0 Å². The van der Waals surface area contributed by atoms with Crippen LogP contribution in [0.4, 0.5) is 11.4 Å². The van der Waals surface area contributed by atoms with Gasteiger partial charge in [-0.25, -0.2) is 0 Å². The first-order valence-electron chi connectivity index (χ1n) is 6.77. The predicted molar refractivity (Wildman–Crippen MR) is 75.2 cm³/mol. The van der Waals surface area contributed by atoms with Crippen LogP contribution in [0.5, 0.6) is 11.5 Å². The molecular formula is C13H17N3O5. The average Bonchev–Trinajstić information content (AvgIpc) is 2.93. The number of methoxy groups -OCH3 is 1. The number of rotatable bonds is 4. The molecule has 1 aromatic carbocycles. The maximum Gasteiger partial charge on any atom is 0.296 e. The molecule has 114 valence electrons. The molecule has 0 amide bonds. The second kappa shape index (κ2) is 5.74. The Labute approximate surface area is 121 Å². The third kappa shape index (κ3) is 2.72. The number of ether oxygens (including phenoxy) is 3. The maximum absolute atomic E-state index is 11.3. The third-order valence-corrected chi connectivity index (χ3v) is 3.66. The number of hydrogen-bond acceptors (Lipinski definition) is 7. The van der Waals surface area contributed by atoms with Crippen molar-refractivity contribution in [3.8, 4) is 11.5 Å². The summed E-state index contributed by atoms with van der Waals surface area (Å²) < 4.78 is 16.2. The Morgan fingerprint density at radius 2 is 2.05 bits per heavy atom. The predicted octanol–water partition coefficient (Wildman–Crippen LogP) is 0.765. The molecule has 8 heteroatoms. The molecule has 2 aliphatic heterocycles. The van der Waals surface area contributed by atoms with Gasteiger partial charge in [0.25, 0.3) is 5.69 Å². The van der Waals surface area contributed by atoms with E-state index in [0.29, 0.717) is 43.5 Å². The highest BCUT2D eigenvalue weighted by Gasteiger charge is 2.30. The Balaban J connectivity index is 1.90. The van der Waals surface area contributed by atoms with Gasteiger partial charge in [0.1, 0.15) is 18.9 Å². The fourth-order valence-electron chi connectivity index (χ4n) is 2.59. The van der Waals surface area contributed by atoms with Crippen LogP contribution in [0.15, 0.2) is 12.1 Å². The number of nitro benzene ring substituents is 1. The van der Waals surface area contributed by atoms with Gasteiger partial charge in [0.15, 0.2) is 11.5 Å². The summed E-state index contributed by atoms with van der Waals surface area (Å²) in [4.78, 5) is 10.8. The topological polar surface area (TPSA) is 94.9 Å². The van der Waals surface area contributed by atoms with Crippen LogP contribution in [0.2, 0.25) is 0 Å². The lowest BCUT2D eigenvalue weighted by Gasteiger charge is -2.22. The Kier molecular flexibility index (Phi) is 3.80. The molecule has 0 radical (unpaired) electrons. The van der Waals surface area contributed by atoms with Crippen molar-refractivity contribution in [1.29, 1.82) is 0 Å². The summed E-state index contributed by atoms with van der Waals surface area (Å²) in [5, 5.41) is 17.6. The second-order valence-corrected chi connectivity index (χ2v) is 4.95. The van der Waals surface area contributed by atoms with Gasteiger partial charge in [0.05, 0.1) is 23.1 Å². The zero-order valence-electron chi connectivity index (χ0n) is 11.6. The van der Waals surface area contributed by atoms with E-state index in [1.54, 1.807) is 13.2 Å². The summed E-state index contributed by atoms with van der Waals surface area (Å²) in [7, 11) is 1.63. The molecule has 0 aromatic heterocycles. The standard InChI is InChI=1S/C13H17N3O5/c1-19-13-7-14-6-9(13)15-8-4-11-12(21-3-2-20-11)5-10(8)16(17)18/h4-5,9,13-15H,2-3,6-7H2,1H3/t9?,13-/m0/s1. The highest BCUT2D eigenvalue weighted by atomic mass is 16.6. The van der Waals surface area contributed by atoms with Crippen LogP contribution in [0.1, 0.15) is 0 Å². The number of fused-ring (bicyclic) bond motifs is 1. The molecule has 1 fully saturated rings. The molecule has 0 bridgehead atoms. The molecule has 1 unspecified atom stereocenters. The van der Waals surface area contributed by atoms with Gasteiger partial charge < -0.3 is 24.8 Å². The van der Waals surface area contributed by atoms with Crippen LogP contribution >= 0.6 is 0 Å². The molecule has 2 heterocycles. The zero-order valence-corrected chi connectivity index (χ0v) is 11.6. The van der Waals surface area contributed by atoms with Crippen molar-refractivity contribution in [3.05, 3.63) is 22.2 Å². The molecule has 1 aromatic rings. The zero-order chi connectivity index (χ0) is 14.8. The minimum absolute atomic E-state index is 0.0268. The lowest BCUT2D eigenvalue weighted by atomic mass is 10.1. The monoisotopic (exact) mass is 295 g/mol. The Morgan fingerprint density at radius 1 is 1.33 bits per heavy atom. The van der Waals surface area contributed by atoms with Gasteiger partial charge in [-0.2, -0.15) is 0 Å². The average molecular weight is 295 g/mol.